The number of carbonyl (C=O) groups is 1. The average molecular weight is 264 g/mol. The van der Waals surface area contributed by atoms with Gasteiger partial charge in [-0.15, -0.1) is 0 Å². The summed E-state index contributed by atoms with van der Waals surface area (Å²) in [5.41, 5.74) is 0.137. The Labute approximate surface area is 111 Å². The van der Waals surface area contributed by atoms with Crippen LogP contribution in [0.3, 0.4) is 0 Å². The summed E-state index contributed by atoms with van der Waals surface area (Å²) < 4.78 is 19.1. The van der Waals surface area contributed by atoms with E-state index in [1.54, 1.807) is 12.1 Å². The summed E-state index contributed by atoms with van der Waals surface area (Å²) in [6, 6.07) is 4.51. The molecule has 102 valence electrons. The van der Waals surface area contributed by atoms with E-state index in [0.717, 1.165) is 26.2 Å². The highest BCUT2D eigenvalue weighted by molar-refractivity contribution is 6.01. The van der Waals surface area contributed by atoms with Gasteiger partial charge in [0.05, 0.1) is 18.7 Å². The van der Waals surface area contributed by atoms with Crippen molar-refractivity contribution >= 4 is 5.78 Å². The van der Waals surface area contributed by atoms with Crippen molar-refractivity contribution in [3.05, 3.63) is 29.6 Å². The van der Waals surface area contributed by atoms with Crippen molar-refractivity contribution in [1.82, 2.24) is 9.80 Å². The van der Waals surface area contributed by atoms with Gasteiger partial charge in [-0.25, -0.2) is 4.39 Å². The van der Waals surface area contributed by atoms with Crippen molar-refractivity contribution in [1.29, 1.82) is 0 Å². The standard InChI is InChI=1S/C14H17FN2O2/c1-19-12-4-2-3-10(13(12)15)14(18)11-9-16-5-7-17(11)8-6-16/h2-4,11H,5-9H2,1H3. The molecule has 4 nitrogen and oxygen atoms in total. The molecular weight excluding hydrogens is 247 g/mol. The SMILES string of the molecule is COc1cccc(C(=O)C2CN3CCN2CC3)c1F. The molecule has 0 spiro atoms. The average Bonchev–Trinajstić information content (AvgIpc) is 2.48. The number of hydrogen-bond acceptors (Lipinski definition) is 4. The molecule has 3 heterocycles. The minimum Gasteiger partial charge on any atom is -0.494 e. The Morgan fingerprint density at radius 1 is 1.32 bits per heavy atom. The number of nitrogens with zero attached hydrogens (tertiary/aromatic N) is 2. The zero-order valence-corrected chi connectivity index (χ0v) is 10.9. The lowest BCUT2D eigenvalue weighted by atomic mass is 9.97. The van der Waals surface area contributed by atoms with Gasteiger partial charge < -0.3 is 4.74 Å². The van der Waals surface area contributed by atoms with Gasteiger partial charge in [0.25, 0.3) is 0 Å². The van der Waals surface area contributed by atoms with Crippen molar-refractivity contribution in [2.24, 2.45) is 0 Å². The van der Waals surface area contributed by atoms with Crippen LogP contribution in [0, 0.1) is 5.82 Å². The first-order chi connectivity index (χ1) is 9.20. The molecule has 3 aliphatic rings. The third-order valence-electron chi connectivity index (χ3n) is 4.03. The predicted octanol–water partition coefficient (Wildman–Crippen LogP) is 1.02. The van der Waals surface area contributed by atoms with E-state index < -0.39 is 5.82 Å². The van der Waals surface area contributed by atoms with Crippen LogP contribution in [0.5, 0.6) is 5.75 Å². The zero-order valence-electron chi connectivity index (χ0n) is 10.9. The minimum absolute atomic E-state index is 0.127. The minimum atomic E-state index is -0.548. The number of Topliss-reactive ketones (excluding diaryl/α,β-unsaturated/α-hetero) is 1. The zero-order chi connectivity index (χ0) is 13.4. The molecule has 0 saturated carbocycles. The smallest absolute Gasteiger partial charge is 0.184 e. The first-order valence-electron chi connectivity index (χ1n) is 6.54. The Bertz CT molecular complexity index is 498. The van der Waals surface area contributed by atoms with Gasteiger partial charge in [0.2, 0.25) is 0 Å². The maximum Gasteiger partial charge on any atom is 0.184 e. The number of halogens is 1. The summed E-state index contributed by atoms with van der Waals surface area (Å²) in [7, 11) is 1.41. The molecule has 19 heavy (non-hydrogen) atoms. The number of benzene rings is 1. The van der Waals surface area contributed by atoms with Crippen LogP contribution in [-0.4, -0.2) is 61.5 Å². The van der Waals surface area contributed by atoms with Crippen LogP contribution in [0.4, 0.5) is 4.39 Å². The lowest BCUT2D eigenvalue weighted by Gasteiger charge is -2.46. The van der Waals surface area contributed by atoms with Crippen molar-refractivity contribution in [3.8, 4) is 5.75 Å². The van der Waals surface area contributed by atoms with Crippen LogP contribution < -0.4 is 4.74 Å². The van der Waals surface area contributed by atoms with E-state index in [2.05, 4.69) is 9.80 Å². The molecule has 1 aromatic carbocycles. The third kappa shape index (κ3) is 2.13. The van der Waals surface area contributed by atoms with Crippen molar-refractivity contribution in [2.75, 3.05) is 39.8 Å². The maximum atomic E-state index is 14.1. The lowest BCUT2D eigenvalue weighted by molar-refractivity contribution is 0.0157. The molecular formula is C14H17FN2O2. The number of fused-ring (bicyclic) bond motifs is 3. The van der Waals surface area contributed by atoms with E-state index in [9.17, 15) is 9.18 Å². The Hall–Kier alpha value is -1.46. The van der Waals surface area contributed by atoms with E-state index in [1.165, 1.54) is 13.2 Å². The maximum absolute atomic E-state index is 14.1. The fourth-order valence-corrected chi connectivity index (χ4v) is 2.90. The van der Waals surface area contributed by atoms with Crippen LogP contribution in [0.1, 0.15) is 10.4 Å². The molecule has 4 rings (SSSR count). The van der Waals surface area contributed by atoms with Crippen LogP contribution in [-0.2, 0) is 0 Å². The van der Waals surface area contributed by atoms with Gasteiger partial charge in [0, 0.05) is 32.7 Å². The van der Waals surface area contributed by atoms with Gasteiger partial charge in [-0.3, -0.25) is 14.6 Å². The quantitative estimate of drug-likeness (QED) is 0.763. The molecule has 0 aromatic heterocycles. The number of ketones is 1. The number of hydrogen-bond donors (Lipinski definition) is 0. The molecule has 3 saturated heterocycles. The molecule has 1 unspecified atom stereocenters. The molecule has 0 radical (unpaired) electrons. The summed E-state index contributed by atoms with van der Waals surface area (Å²) in [6.07, 6.45) is 0. The number of ether oxygens (including phenoxy) is 1. The van der Waals surface area contributed by atoms with E-state index in [4.69, 9.17) is 4.74 Å². The predicted molar refractivity (Wildman–Crippen MR) is 69.1 cm³/mol. The van der Waals surface area contributed by atoms with Crippen LogP contribution in [0.15, 0.2) is 18.2 Å². The largest absolute Gasteiger partial charge is 0.494 e. The normalized spacial score (nSPS) is 29.3. The fourth-order valence-electron chi connectivity index (χ4n) is 2.90. The summed E-state index contributed by atoms with van der Waals surface area (Å²) >= 11 is 0. The number of piperazine rings is 3. The van der Waals surface area contributed by atoms with Gasteiger partial charge in [-0.1, -0.05) is 6.07 Å². The van der Waals surface area contributed by atoms with Gasteiger partial charge in [-0.2, -0.15) is 0 Å². The number of rotatable bonds is 3. The highest BCUT2D eigenvalue weighted by Gasteiger charge is 2.37. The Morgan fingerprint density at radius 2 is 2.05 bits per heavy atom. The summed E-state index contributed by atoms with van der Waals surface area (Å²) in [4.78, 5) is 16.9. The summed E-state index contributed by atoms with van der Waals surface area (Å²) in [5, 5.41) is 0. The molecule has 3 aliphatic heterocycles. The van der Waals surface area contributed by atoms with Crippen LogP contribution in [0.25, 0.3) is 0 Å². The molecule has 0 N–H and O–H groups in total. The molecule has 3 fully saturated rings. The summed E-state index contributed by atoms with van der Waals surface area (Å²) in [6.45, 7) is 4.49. The topological polar surface area (TPSA) is 32.8 Å². The first-order valence-corrected chi connectivity index (χ1v) is 6.54. The second-order valence-electron chi connectivity index (χ2n) is 5.04. The van der Waals surface area contributed by atoms with Gasteiger partial charge in [0.15, 0.2) is 17.3 Å². The lowest BCUT2D eigenvalue weighted by Crippen LogP contribution is -2.63. The van der Waals surface area contributed by atoms with Crippen LogP contribution in [0.2, 0.25) is 0 Å². The van der Waals surface area contributed by atoms with E-state index in [1.807, 2.05) is 0 Å². The molecule has 5 heteroatoms. The second kappa shape index (κ2) is 4.90. The first kappa shape index (κ1) is 12.6. The Kier molecular flexibility index (Phi) is 3.24. The fraction of sp³-hybridized carbons (Fsp3) is 0.500. The van der Waals surface area contributed by atoms with Gasteiger partial charge in [0.1, 0.15) is 0 Å². The molecule has 0 amide bonds. The van der Waals surface area contributed by atoms with E-state index >= 15 is 0 Å². The van der Waals surface area contributed by atoms with Crippen molar-refractivity contribution in [2.45, 2.75) is 6.04 Å². The number of methoxy groups -OCH3 is 1. The van der Waals surface area contributed by atoms with E-state index in [-0.39, 0.29) is 23.1 Å². The van der Waals surface area contributed by atoms with E-state index in [0.29, 0.717) is 6.54 Å². The number of carbonyl (C=O) groups excluding carboxylic acids is 1. The molecule has 1 atom stereocenters. The van der Waals surface area contributed by atoms with Gasteiger partial charge in [-0.05, 0) is 12.1 Å². The highest BCUT2D eigenvalue weighted by atomic mass is 19.1. The van der Waals surface area contributed by atoms with Crippen molar-refractivity contribution < 1.29 is 13.9 Å². The van der Waals surface area contributed by atoms with Gasteiger partial charge >= 0.3 is 0 Å². The molecule has 0 aliphatic carbocycles. The Morgan fingerprint density at radius 3 is 2.63 bits per heavy atom. The second-order valence-corrected chi connectivity index (χ2v) is 5.04. The molecule has 1 aromatic rings. The third-order valence-corrected chi connectivity index (χ3v) is 4.03. The van der Waals surface area contributed by atoms with Crippen molar-refractivity contribution in [3.63, 3.8) is 0 Å². The monoisotopic (exact) mass is 264 g/mol. The van der Waals surface area contributed by atoms with Crippen LogP contribution >= 0.6 is 0 Å². The highest BCUT2D eigenvalue weighted by Crippen LogP contribution is 2.24. The summed E-state index contributed by atoms with van der Waals surface area (Å²) in [5.74, 6) is -0.560. The molecule has 2 bridgehead atoms. The Balaban J connectivity index is 1.88.